The van der Waals surface area contributed by atoms with Crippen LogP contribution in [0.1, 0.15) is 172 Å². The van der Waals surface area contributed by atoms with Gasteiger partial charge < -0.3 is 18.9 Å². The molecule has 0 spiro atoms. The van der Waals surface area contributed by atoms with Gasteiger partial charge in [0.15, 0.2) is 0 Å². The van der Waals surface area contributed by atoms with Crippen molar-refractivity contribution in [2.24, 2.45) is 0 Å². The molecule has 0 fully saturated rings. The maximum atomic E-state index is 13.5. The summed E-state index contributed by atoms with van der Waals surface area (Å²) in [5.74, 6) is -2.46. The van der Waals surface area contributed by atoms with Crippen molar-refractivity contribution in [2.75, 3.05) is 26.4 Å². The van der Waals surface area contributed by atoms with Crippen molar-refractivity contribution in [3.8, 4) is 0 Å². The molecule has 0 unspecified atom stereocenters. The number of esters is 4. The van der Waals surface area contributed by atoms with Crippen LogP contribution in [-0.2, 0) is 18.9 Å². The molecule has 0 atom stereocenters. The van der Waals surface area contributed by atoms with Crippen molar-refractivity contribution in [1.29, 1.82) is 0 Å². The van der Waals surface area contributed by atoms with Crippen molar-refractivity contribution in [1.82, 2.24) is 0 Å². The number of carbonyl (C=O) groups is 4. The SMILES string of the molecule is CCCCCCOC(=O)c1cc(C(=O)OCCCCCC)c2cc(C(=O)OCCCCCC)cc(C(=O)OCCCCCC)c2c1. The number of carbonyl (C=O) groups excluding carboxylic acids is 4. The first-order chi connectivity index (χ1) is 22.4. The normalized spacial score (nSPS) is 11.0. The number of ether oxygens (including phenoxy) is 4. The van der Waals surface area contributed by atoms with Gasteiger partial charge in [0.25, 0.3) is 0 Å². The molecule has 2 aromatic carbocycles. The van der Waals surface area contributed by atoms with E-state index in [2.05, 4.69) is 27.7 Å². The maximum Gasteiger partial charge on any atom is 0.338 e. The molecule has 2 aromatic rings. The molecule has 8 heteroatoms. The average Bonchev–Trinajstić information content (AvgIpc) is 3.06. The smallest absolute Gasteiger partial charge is 0.338 e. The number of hydrogen-bond donors (Lipinski definition) is 0. The summed E-state index contributed by atoms with van der Waals surface area (Å²) in [6, 6.07) is 5.94. The molecule has 0 aliphatic carbocycles. The standard InChI is InChI=1S/C38H56O8/c1-5-9-13-17-21-43-35(39)29-25-31-32(33(27-29)37(41)45-23-19-15-11-7-3)26-30(36(40)44-22-18-14-10-6-2)28-34(31)38(42)46-24-20-16-12-8-4/h25-28H,5-24H2,1-4H3. The molecule has 0 N–H and O–H groups in total. The Bertz CT molecular complexity index is 1140. The fraction of sp³-hybridized carbons (Fsp3) is 0.632. The monoisotopic (exact) mass is 640 g/mol. The van der Waals surface area contributed by atoms with Crippen molar-refractivity contribution in [3.05, 3.63) is 46.5 Å². The van der Waals surface area contributed by atoms with Crippen LogP contribution in [0.3, 0.4) is 0 Å². The van der Waals surface area contributed by atoms with Gasteiger partial charge >= 0.3 is 23.9 Å². The van der Waals surface area contributed by atoms with Crippen LogP contribution >= 0.6 is 0 Å². The Morgan fingerprint density at radius 2 is 0.674 bits per heavy atom. The van der Waals surface area contributed by atoms with Gasteiger partial charge in [-0.2, -0.15) is 0 Å². The van der Waals surface area contributed by atoms with E-state index in [-0.39, 0.29) is 48.7 Å². The van der Waals surface area contributed by atoms with Crippen LogP contribution in [0.4, 0.5) is 0 Å². The Labute approximate surface area is 275 Å². The molecule has 46 heavy (non-hydrogen) atoms. The molecule has 0 saturated carbocycles. The lowest BCUT2D eigenvalue weighted by molar-refractivity contribution is 0.0476. The molecule has 0 aromatic heterocycles. The van der Waals surface area contributed by atoms with E-state index in [9.17, 15) is 19.2 Å². The summed E-state index contributed by atoms with van der Waals surface area (Å²) in [6.45, 7) is 9.38. The summed E-state index contributed by atoms with van der Waals surface area (Å²) in [7, 11) is 0. The van der Waals surface area contributed by atoms with E-state index in [4.69, 9.17) is 18.9 Å². The molecule has 0 amide bonds. The minimum atomic E-state index is -0.636. The highest BCUT2D eigenvalue weighted by Crippen LogP contribution is 2.29. The number of rotatable bonds is 24. The highest BCUT2D eigenvalue weighted by molar-refractivity contribution is 6.15. The van der Waals surface area contributed by atoms with Crippen LogP contribution in [0.2, 0.25) is 0 Å². The first-order valence-corrected chi connectivity index (χ1v) is 17.7. The van der Waals surface area contributed by atoms with Crippen LogP contribution in [0.15, 0.2) is 24.3 Å². The zero-order valence-electron chi connectivity index (χ0n) is 28.7. The van der Waals surface area contributed by atoms with Gasteiger partial charge in [0.1, 0.15) is 0 Å². The average molecular weight is 641 g/mol. The van der Waals surface area contributed by atoms with Gasteiger partial charge in [0.2, 0.25) is 0 Å². The quantitative estimate of drug-likeness (QED) is 0.0634. The lowest BCUT2D eigenvalue weighted by Gasteiger charge is -2.15. The zero-order valence-corrected chi connectivity index (χ0v) is 28.7. The van der Waals surface area contributed by atoms with E-state index in [0.29, 0.717) is 23.6 Å². The number of unbranched alkanes of at least 4 members (excludes halogenated alkanes) is 12. The summed E-state index contributed by atoms with van der Waals surface area (Å²) in [4.78, 5) is 53.4. The van der Waals surface area contributed by atoms with Crippen molar-refractivity contribution in [2.45, 2.75) is 130 Å². The number of benzene rings is 2. The largest absolute Gasteiger partial charge is 0.462 e. The number of fused-ring (bicyclic) bond motifs is 1. The molecule has 0 saturated heterocycles. The predicted molar refractivity (Wildman–Crippen MR) is 182 cm³/mol. The Balaban J connectivity index is 2.53. The third-order valence-corrected chi connectivity index (χ3v) is 7.91. The van der Waals surface area contributed by atoms with E-state index >= 15 is 0 Å². The molecule has 0 radical (unpaired) electrons. The second kappa shape index (κ2) is 23.0. The van der Waals surface area contributed by atoms with Crippen molar-refractivity contribution in [3.63, 3.8) is 0 Å². The Morgan fingerprint density at radius 3 is 0.957 bits per heavy atom. The summed E-state index contributed by atoms with van der Waals surface area (Å²) in [6.07, 6.45) is 15.0. The van der Waals surface area contributed by atoms with Gasteiger partial charge in [-0.3, -0.25) is 0 Å². The highest BCUT2D eigenvalue weighted by Gasteiger charge is 2.24. The maximum absolute atomic E-state index is 13.5. The van der Waals surface area contributed by atoms with Crippen LogP contribution < -0.4 is 0 Å². The number of hydrogen-bond acceptors (Lipinski definition) is 8. The van der Waals surface area contributed by atoms with Gasteiger partial charge in [-0.1, -0.05) is 105 Å². The third-order valence-electron chi connectivity index (χ3n) is 7.91. The summed E-state index contributed by atoms with van der Waals surface area (Å²) >= 11 is 0. The molecule has 0 aliphatic rings. The molecule has 0 aliphatic heterocycles. The Hall–Kier alpha value is -3.42. The second-order valence-corrected chi connectivity index (χ2v) is 11.9. The molecule has 256 valence electrons. The fourth-order valence-electron chi connectivity index (χ4n) is 5.13. The first kappa shape index (κ1) is 38.8. The molecular formula is C38H56O8. The van der Waals surface area contributed by atoms with E-state index < -0.39 is 23.9 Å². The van der Waals surface area contributed by atoms with E-state index in [1.165, 1.54) is 24.3 Å². The predicted octanol–water partition coefficient (Wildman–Crippen LogP) is 9.79. The molecule has 8 nitrogen and oxygen atoms in total. The lowest BCUT2D eigenvalue weighted by Crippen LogP contribution is -2.15. The van der Waals surface area contributed by atoms with Gasteiger partial charge in [-0.25, -0.2) is 19.2 Å². The summed E-state index contributed by atoms with van der Waals surface area (Å²) in [5.41, 5.74) is 0.425. The summed E-state index contributed by atoms with van der Waals surface area (Å²) in [5, 5.41) is 0.632. The van der Waals surface area contributed by atoms with Crippen LogP contribution in [0.25, 0.3) is 10.8 Å². The molecule has 2 rings (SSSR count). The third kappa shape index (κ3) is 13.5. The van der Waals surface area contributed by atoms with Crippen LogP contribution in [0.5, 0.6) is 0 Å². The van der Waals surface area contributed by atoms with Crippen LogP contribution in [-0.4, -0.2) is 50.3 Å². The molecular weight excluding hydrogens is 584 g/mol. The highest BCUT2D eigenvalue weighted by atomic mass is 16.5. The molecule has 0 bridgehead atoms. The minimum absolute atomic E-state index is 0.0838. The summed E-state index contributed by atoms with van der Waals surface area (Å²) < 4.78 is 22.3. The van der Waals surface area contributed by atoms with E-state index in [1.54, 1.807) is 0 Å². The van der Waals surface area contributed by atoms with Crippen molar-refractivity contribution >= 4 is 34.6 Å². The van der Waals surface area contributed by atoms with E-state index in [0.717, 1.165) is 89.9 Å². The van der Waals surface area contributed by atoms with Crippen molar-refractivity contribution < 1.29 is 38.1 Å². The fourth-order valence-corrected chi connectivity index (χ4v) is 5.13. The Morgan fingerprint density at radius 1 is 0.391 bits per heavy atom. The van der Waals surface area contributed by atoms with Crippen LogP contribution in [0, 0.1) is 0 Å². The lowest BCUT2D eigenvalue weighted by atomic mass is 9.94. The first-order valence-electron chi connectivity index (χ1n) is 17.7. The van der Waals surface area contributed by atoms with E-state index in [1.807, 2.05) is 0 Å². The van der Waals surface area contributed by atoms with Gasteiger partial charge in [-0.15, -0.1) is 0 Å². The Kier molecular flexibility index (Phi) is 19.4. The van der Waals surface area contributed by atoms with Gasteiger partial charge in [0, 0.05) is 0 Å². The topological polar surface area (TPSA) is 105 Å². The van der Waals surface area contributed by atoms with Gasteiger partial charge in [0.05, 0.1) is 48.7 Å². The second-order valence-electron chi connectivity index (χ2n) is 11.9. The van der Waals surface area contributed by atoms with Gasteiger partial charge in [-0.05, 0) is 60.7 Å². The minimum Gasteiger partial charge on any atom is -0.462 e. The molecule has 0 heterocycles. The zero-order chi connectivity index (χ0) is 33.6.